The number of methoxy groups -OCH3 is 1. The van der Waals surface area contributed by atoms with Crippen LogP contribution in [0.2, 0.25) is 0 Å². The maximum absolute atomic E-state index is 14.0. The van der Waals surface area contributed by atoms with E-state index in [2.05, 4.69) is 40.1 Å². The summed E-state index contributed by atoms with van der Waals surface area (Å²) in [5.74, 6) is 2.80. The second-order valence-electron chi connectivity index (χ2n) is 14.1. The van der Waals surface area contributed by atoms with Gasteiger partial charge in [0, 0.05) is 37.5 Å². The molecule has 3 fully saturated rings. The van der Waals surface area contributed by atoms with Crippen molar-refractivity contribution >= 4 is 11.8 Å². The SMILES string of the molecule is COc1ccc(COC(=O)C(C2CCCCC2)N2CC(CN3CCC(CCC(=O)c4ccccc4)CC3)C(c3ccccc3)C2)cc1. The first kappa shape index (κ1) is 33.4. The van der Waals surface area contributed by atoms with E-state index in [0.717, 1.165) is 81.7 Å². The van der Waals surface area contributed by atoms with E-state index in [-0.39, 0.29) is 24.4 Å². The van der Waals surface area contributed by atoms with Crippen molar-refractivity contribution in [1.29, 1.82) is 0 Å². The second-order valence-corrected chi connectivity index (χ2v) is 14.1. The van der Waals surface area contributed by atoms with Crippen LogP contribution in [0.3, 0.4) is 0 Å². The van der Waals surface area contributed by atoms with E-state index in [1.807, 2.05) is 54.6 Å². The Bertz CT molecular complexity index is 1400. The van der Waals surface area contributed by atoms with Crippen LogP contribution in [0.25, 0.3) is 0 Å². The first-order valence-corrected chi connectivity index (χ1v) is 18.0. The van der Waals surface area contributed by atoms with Gasteiger partial charge in [-0.15, -0.1) is 0 Å². The fraction of sp³-hybridized carbons (Fsp3) is 0.512. The average Bonchev–Trinajstić information content (AvgIpc) is 3.54. The second kappa shape index (κ2) is 16.6. The number of piperidine rings is 1. The van der Waals surface area contributed by atoms with Crippen LogP contribution in [0.1, 0.15) is 85.2 Å². The quantitative estimate of drug-likeness (QED) is 0.141. The zero-order chi connectivity index (χ0) is 32.4. The maximum atomic E-state index is 14.0. The third-order valence-corrected chi connectivity index (χ3v) is 11.0. The summed E-state index contributed by atoms with van der Waals surface area (Å²) in [6.45, 7) is 5.31. The molecule has 1 saturated carbocycles. The lowest BCUT2D eigenvalue weighted by atomic mass is 9.83. The largest absolute Gasteiger partial charge is 0.497 e. The molecule has 0 bridgehead atoms. The summed E-state index contributed by atoms with van der Waals surface area (Å²) in [5.41, 5.74) is 3.19. The highest BCUT2D eigenvalue weighted by atomic mass is 16.5. The van der Waals surface area contributed by atoms with Crippen LogP contribution in [0.4, 0.5) is 0 Å². The summed E-state index contributed by atoms with van der Waals surface area (Å²) in [6.07, 6.45) is 9.76. The van der Waals surface area contributed by atoms with Gasteiger partial charge in [0.1, 0.15) is 18.4 Å². The van der Waals surface area contributed by atoms with Crippen molar-refractivity contribution in [1.82, 2.24) is 9.80 Å². The van der Waals surface area contributed by atoms with Gasteiger partial charge in [0.15, 0.2) is 5.78 Å². The molecule has 0 N–H and O–H groups in total. The lowest BCUT2D eigenvalue weighted by Crippen LogP contribution is -2.47. The van der Waals surface area contributed by atoms with E-state index in [4.69, 9.17) is 9.47 Å². The monoisotopic (exact) mass is 636 g/mol. The summed E-state index contributed by atoms with van der Waals surface area (Å²) in [7, 11) is 1.66. The number of carbonyl (C=O) groups excluding carboxylic acids is 2. The summed E-state index contributed by atoms with van der Waals surface area (Å²) in [5, 5.41) is 0. The molecule has 2 saturated heterocycles. The summed E-state index contributed by atoms with van der Waals surface area (Å²) < 4.78 is 11.4. The van der Waals surface area contributed by atoms with Gasteiger partial charge in [0.25, 0.3) is 0 Å². The van der Waals surface area contributed by atoms with Gasteiger partial charge in [0.2, 0.25) is 0 Å². The number of rotatable bonds is 13. The Morgan fingerprint density at radius 3 is 2.17 bits per heavy atom. The zero-order valence-corrected chi connectivity index (χ0v) is 28.1. The van der Waals surface area contributed by atoms with Gasteiger partial charge in [-0.3, -0.25) is 14.5 Å². The minimum absolute atomic E-state index is 0.0638. The molecule has 0 aromatic heterocycles. The van der Waals surface area contributed by atoms with Crippen LogP contribution >= 0.6 is 0 Å². The molecular formula is C41H52N2O4. The molecule has 3 aromatic carbocycles. The first-order chi connectivity index (χ1) is 23.1. The number of likely N-dealkylation sites (tertiary alicyclic amines) is 2. The number of ketones is 1. The van der Waals surface area contributed by atoms with E-state index in [1.165, 1.54) is 24.8 Å². The topological polar surface area (TPSA) is 59.1 Å². The Kier molecular flexibility index (Phi) is 11.8. The molecule has 6 nitrogen and oxygen atoms in total. The number of benzene rings is 3. The molecule has 0 radical (unpaired) electrons. The lowest BCUT2D eigenvalue weighted by molar-refractivity contribution is -0.154. The molecule has 250 valence electrons. The number of ether oxygens (including phenoxy) is 2. The number of Topliss-reactive ketones (excluding diaryl/α,β-unsaturated/α-hetero) is 1. The minimum atomic E-state index is -0.197. The molecule has 2 aliphatic heterocycles. The lowest BCUT2D eigenvalue weighted by Gasteiger charge is -2.36. The molecule has 47 heavy (non-hydrogen) atoms. The summed E-state index contributed by atoms with van der Waals surface area (Å²) in [6, 6.07) is 28.3. The number of hydrogen-bond donors (Lipinski definition) is 0. The molecule has 1 aliphatic carbocycles. The third kappa shape index (κ3) is 8.91. The normalized spacial score (nSPS) is 22.1. The van der Waals surface area contributed by atoms with Gasteiger partial charge >= 0.3 is 5.97 Å². The van der Waals surface area contributed by atoms with Crippen molar-refractivity contribution in [3.8, 4) is 5.75 Å². The van der Waals surface area contributed by atoms with Crippen LogP contribution in [-0.2, 0) is 16.1 Å². The summed E-state index contributed by atoms with van der Waals surface area (Å²) in [4.78, 5) is 31.8. The van der Waals surface area contributed by atoms with Crippen molar-refractivity contribution in [2.45, 2.75) is 76.4 Å². The van der Waals surface area contributed by atoms with Crippen molar-refractivity contribution < 1.29 is 19.1 Å². The summed E-state index contributed by atoms with van der Waals surface area (Å²) >= 11 is 0. The predicted octanol–water partition coefficient (Wildman–Crippen LogP) is 7.78. The molecule has 6 rings (SSSR count). The van der Waals surface area contributed by atoms with Crippen LogP contribution < -0.4 is 4.74 Å². The number of carbonyl (C=O) groups is 2. The van der Waals surface area contributed by atoms with Crippen LogP contribution in [0.15, 0.2) is 84.9 Å². The Morgan fingerprint density at radius 1 is 0.809 bits per heavy atom. The molecule has 3 atom stereocenters. The van der Waals surface area contributed by atoms with Gasteiger partial charge in [-0.25, -0.2) is 0 Å². The molecule has 0 amide bonds. The zero-order valence-electron chi connectivity index (χ0n) is 28.1. The fourth-order valence-electron chi connectivity index (χ4n) is 8.34. The third-order valence-electron chi connectivity index (χ3n) is 11.0. The van der Waals surface area contributed by atoms with Gasteiger partial charge in [-0.1, -0.05) is 92.1 Å². The molecule has 3 aromatic rings. The highest BCUT2D eigenvalue weighted by molar-refractivity contribution is 5.95. The smallest absolute Gasteiger partial charge is 0.323 e. The van der Waals surface area contributed by atoms with E-state index in [1.54, 1.807) is 7.11 Å². The molecular weight excluding hydrogens is 584 g/mol. The van der Waals surface area contributed by atoms with Crippen molar-refractivity contribution in [2.75, 3.05) is 39.8 Å². The first-order valence-electron chi connectivity index (χ1n) is 18.0. The van der Waals surface area contributed by atoms with E-state index >= 15 is 0 Å². The van der Waals surface area contributed by atoms with E-state index < -0.39 is 0 Å². The van der Waals surface area contributed by atoms with Crippen LogP contribution in [-0.4, -0.2) is 67.4 Å². The van der Waals surface area contributed by atoms with Crippen molar-refractivity contribution in [3.63, 3.8) is 0 Å². The standard InChI is InChI=1S/C41H52N2O4/c1-46-37-20-17-32(18-21-37)30-47-41(45)40(35-15-9-4-10-16-35)43-28-36(38(29-43)33-11-5-2-6-12-33)27-42-25-23-31(24-26-42)19-22-39(44)34-13-7-3-8-14-34/h2-3,5-8,11-14,17-18,20-21,31,35-36,38,40H,4,9-10,15-16,19,22-30H2,1H3. The number of esters is 1. The van der Waals surface area contributed by atoms with Gasteiger partial charge in [-0.05, 0) is 86.2 Å². The van der Waals surface area contributed by atoms with E-state index in [9.17, 15) is 9.59 Å². The van der Waals surface area contributed by atoms with Gasteiger partial charge < -0.3 is 14.4 Å². The van der Waals surface area contributed by atoms with E-state index in [0.29, 0.717) is 30.1 Å². The number of hydrogen-bond acceptors (Lipinski definition) is 6. The minimum Gasteiger partial charge on any atom is -0.497 e. The van der Waals surface area contributed by atoms with Crippen molar-refractivity contribution in [2.24, 2.45) is 17.8 Å². The fourth-order valence-corrected chi connectivity index (χ4v) is 8.34. The molecule has 2 heterocycles. The Morgan fingerprint density at radius 2 is 1.49 bits per heavy atom. The predicted molar refractivity (Wildman–Crippen MR) is 187 cm³/mol. The highest BCUT2D eigenvalue weighted by Gasteiger charge is 2.44. The van der Waals surface area contributed by atoms with Gasteiger partial charge in [-0.2, -0.15) is 0 Å². The maximum Gasteiger partial charge on any atom is 0.323 e. The Labute approximate surface area is 281 Å². The highest BCUT2D eigenvalue weighted by Crippen LogP contribution is 2.39. The average molecular weight is 637 g/mol. The van der Waals surface area contributed by atoms with Crippen molar-refractivity contribution in [3.05, 3.63) is 102 Å². The van der Waals surface area contributed by atoms with Gasteiger partial charge in [0.05, 0.1) is 7.11 Å². The van der Waals surface area contributed by atoms with Crippen LogP contribution in [0, 0.1) is 17.8 Å². The van der Waals surface area contributed by atoms with Crippen LogP contribution in [0.5, 0.6) is 5.75 Å². The molecule has 3 aliphatic rings. The molecule has 3 unspecified atom stereocenters. The Hall–Kier alpha value is -3.48. The molecule has 6 heteroatoms. The number of nitrogens with zero attached hydrogens (tertiary/aromatic N) is 2. The Balaban J connectivity index is 1.10. The molecule has 0 spiro atoms.